The highest BCUT2D eigenvalue weighted by molar-refractivity contribution is 6.31. The normalized spacial score (nSPS) is 16.1. The number of nitrogens with one attached hydrogen (secondary N) is 2. The molecule has 1 aromatic heterocycles. The fourth-order valence-electron chi connectivity index (χ4n) is 3.56. The van der Waals surface area contributed by atoms with Gasteiger partial charge in [-0.1, -0.05) is 11.6 Å². The van der Waals surface area contributed by atoms with E-state index in [1.807, 2.05) is 30.3 Å². The Morgan fingerprint density at radius 1 is 1.00 bits per heavy atom. The first kappa shape index (κ1) is 14.7. The third-order valence-corrected chi connectivity index (χ3v) is 4.92. The Morgan fingerprint density at radius 2 is 1.74 bits per heavy atom. The second kappa shape index (κ2) is 5.99. The van der Waals surface area contributed by atoms with E-state index in [-0.39, 0.29) is 5.82 Å². The largest absolute Gasteiger partial charge is 0.354 e. The Hall–Kier alpha value is -1.84. The summed E-state index contributed by atoms with van der Waals surface area (Å²) in [4.78, 5) is 3.52. The van der Waals surface area contributed by atoms with E-state index in [2.05, 4.69) is 10.3 Å². The molecule has 2 nitrogen and oxygen atoms in total. The van der Waals surface area contributed by atoms with Crippen molar-refractivity contribution in [2.24, 2.45) is 0 Å². The summed E-state index contributed by atoms with van der Waals surface area (Å²) in [6, 6.07) is 12.7. The van der Waals surface area contributed by atoms with Crippen molar-refractivity contribution in [1.82, 2.24) is 10.3 Å². The van der Waals surface area contributed by atoms with Gasteiger partial charge in [-0.3, -0.25) is 0 Å². The summed E-state index contributed by atoms with van der Waals surface area (Å²) >= 11 is 6.23. The molecule has 0 saturated carbocycles. The lowest BCUT2D eigenvalue weighted by Gasteiger charge is -2.24. The maximum Gasteiger partial charge on any atom is 0.123 e. The number of halogens is 2. The van der Waals surface area contributed by atoms with Gasteiger partial charge in [-0.2, -0.15) is 0 Å². The Morgan fingerprint density at radius 3 is 2.48 bits per heavy atom. The summed E-state index contributed by atoms with van der Waals surface area (Å²) in [6.45, 7) is 2.06. The average molecular weight is 329 g/mol. The molecule has 0 amide bonds. The molecule has 0 bridgehead atoms. The van der Waals surface area contributed by atoms with Crippen LogP contribution in [0.25, 0.3) is 22.2 Å². The van der Waals surface area contributed by atoms with Crippen molar-refractivity contribution in [2.45, 2.75) is 18.8 Å². The number of aromatic nitrogens is 1. The SMILES string of the molecule is Fc1ccc(-c2[nH]c3ccc(Cl)cc3c2C2CCNCC2)cc1. The molecule has 1 aliphatic heterocycles. The molecule has 2 N–H and O–H groups in total. The van der Waals surface area contributed by atoms with Gasteiger partial charge in [0.2, 0.25) is 0 Å². The highest BCUT2D eigenvalue weighted by atomic mass is 35.5. The molecule has 0 unspecified atom stereocenters. The van der Waals surface area contributed by atoms with Gasteiger partial charge in [0.15, 0.2) is 0 Å². The van der Waals surface area contributed by atoms with Gasteiger partial charge in [0.05, 0.1) is 0 Å². The molecular weight excluding hydrogens is 311 g/mol. The fraction of sp³-hybridized carbons (Fsp3) is 0.263. The van der Waals surface area contributed by atoms with Crippen LogP contribution in [-0.2, 0) is 0 Å². The molecule has 0 aliphatic carbocycles. The Kier molecular flexibility index (Phi) is 3.83. The number of aromatic amines is 1. The molecule has 0 radical (unpaired) electrons. The number of fused-ring (bicyclic) bond motifs is 1. The zero-order chi connectivity index (χ0) is 15.8. The van der Waals surface area contributed by atoms with Crippen LogP contribution in [0.4, 0.5) is 4.39 Å². The summed E-state index contributed by atoms with van der Waals surface area (Å²) in [5.74, 6) is 0.278. The van der Waals surface area contributed by atoms with Crippen molar-refractivity contribution in [3.8, 4) is 11.3 Å². The standard InChI is InChI=1S/C19H18ClFN2/c20-14-3-6-17-16(11-14)18(12-7-9-22-10-8-12)19(23-17)13-1-4-15(21)5-2-13/h1-6,11-12,22-23H,7-10H2. The minimum atomic E-state index is -0.212. The van der Waals surface area contributed by atoms with Crippen LogP contribution in [0.5, 0.6) is 0 Å². The van der Waals surface area contributed by atoms with Crippen molar-refractivity contribution >= 4 is 22.5 Å². The average Bonchev–Trinajstić information content (AvgIpc) is 2.95. The van der Waals surface area contributed by atoms with Gasteiger partial charge in [-0.05, 0) is 85.4 Å². The maximum absolute atomic E-state index is 13.3. The molecule has 118 valence electrons. The molecule has 2 aromatic carbocycles. The van der Waals surface area contributed by atoms with E-state index < -0.39 is 0 Å². The molecule has 1 saturated heterocycles. The van der Waals surface area contributed by atoms with Gasteiger partial charge < -0.3 is 10.3 Å². The molecule has 4 rings (SSSR count). The summed E-state index contributed by atoms with van der Waals surface area (Å²) in [5, 5.41) is 5.35. The van der Waals surface area contributed by atoms with Crippen LogP contribution >= 0.6 is 11.6 Å². The number of hydrogen-bond donors (Lipinski definition) is 2. The van der Waals surface area contributed by atoms with Gasteiger partial charge in [-0.15, -0.1) is 0 Å². The fourth-order valence-corrected chi connectivity index (χ4v) is 3.74. The van der Waals surface area contributed by atoms with Crippen molar-refractivity contribution in [2.75, 3.05) is 13.1 Å². The first-order valence-electron chi connectivity index (χ1n) is 8.00. The van der Waals surface area contributed by atoms with E-state index in [1.165, 1.54) is 23.1 Å². The molecule has 1 aliphatic rings. The van der Waals surface area contributed by atoms with Crippen molar-refractivity contribution in [1.29, 1.82) is 0 Å². The lowest BCUT2D eigenvalue weighted by molar-refractivity contribution is 0.463. The number of benzene rings is 2. The summed E-state index contributed by atoms with van der Waals surface area (Å²) in [6.07, 6.45) is 2.21. The molecule has 3 aromatic rings. The maximum atomic E-state index is 13.3. The van der Waals surface area contributed by atoms with Gasteiger partial charge in [0.1, 0.15) is 5.82 Å². The number of H-pyrrole nitrogens is 1. The number of piperidine rings is 1. The van der Waals surface area contributed by atoms with Crippen LogP contribution in [0.2, 0.25) is 5.02 Å². The van der Waals surface area contributed by atoms with Gasteiger partial charge in [-0.25, -0.2) is 4.39 Å². The molecular formula is C19H18ClFN2. The van der Waals surface area contributed by atoms with Crippen LogP contribution < -0.4 is 5.32 Å². The van der Waals surface area contributed by atoms with E-state index >= 15 is 0 Å². The van der Waals surface area contributed by atoms with E-state index in [9.17, 15) is 4.39 Å². The smallest absolute Gasteiger partial charge is 0.123 e. The molecule has 0 spiro atoms. The minimum Gasteiger partial charge on any atom is -0.354 e. The third-order valence-electron chi connectivity index (χ3n) is 4.68. The molecule has 4 heteroatoms. The monoisotopic (exact) mass is 328 g/mol. The zero-order valence-corrected chi connectivity index (χ0v) is 13.5. The van der Waals surface area contributed by atoms with Crippen LogP contribution in [0.3, 0.4) is 0 Å². The van der Waals surface area contributed by atoms with Crippen LogP contribution in [0, 0.1) is 5.82 Å². The minimum absolute atomic E-state index is 0.212. The second-order valence-electron chi connectivity index (χ2n) is 6.13. The van der Waals surface area contributed by atoms with Crippen molar-refractivity contribution in [3.63, 3.8) is 0 Å². The number of hydrogen-bond acceptors (Lipinski definition) is 1. The quantitative estimate of drug-likeness (QED) is 0.673. The predicted octanol–water partition coefficient (Wildman–Crippen LogP) is 5.09. The van der Waals surface area contributed by atoms with E-state index in [4.69, 9.17) is 11.6 Å². The predicted molar refractivity (Wildman–Crippen MR) is 93.5 cm³/mol. The summed E-state index contributed by atoms with van der Waals surface area (Å²) < 4.78 is 13.3. The Balaban J connectivity index is 1.93. The van der Waals surface area contributed by atoms with Crippen molar-refractivity contribution < 1.29 is 4.39 Å². The molecule has 0 atom stereocenters. The van der Waals surface area contributed by atoms with Gasteiger partial charge in [0.25, 0.3) is 0 Å². The lowest BCUT2D eigenvalue weighted by Crippen LogP contribution is -2.26. The zero-order valence-electron chi connectivity index (χ0n) is 12.7. The Bertz CT molecular complexity index is 832. The first-order valence-corrected chi connectivity index (χ1v) is 8.38. The highest BCUT2D eigenvalue weighted by Gasteiger charge is 2.23. The molecule has 2 heterocycles. The van der Waals surface area contributed by atoms with E-state index in [1.54, 1.807) is 0 Å². The molecule has 23 heavy (non-hydrogen) atoms. The van der Waals surface area contributed by atoms with Gasteiger partial charge >= 0.3 is 0 Å². The summed E-state index contributed by atoms with van der Waals surface area (Å²) in [7, 11) is 0. The Labute approximate surface area is 139 Å². The highest BCUT2D eigenvalue weighted by Crippen LogP contribution is 2.40. The van der Waals surface area contributed by atoms with Gasteiger partial charge in [0, 0.05) is 21.6 Å². The second-order valence-corrected chi connectivity index (χ2v) is 6.57. The first-order chi connectivity index (χ1) is 11.2. The third kappa shape index (κ3) is 2.75. The lowest BCUT2D eigenvalue weighted by atomic mass is 9.86. The topological polar surface area (TPSA) is 27.8 Å². The van der Waals surface area contributed by atoms with Crippen LogP contribution in [0.15, 0.2) is 42.5 Å². The molecule has 1 fully saturated rings. The van der Waals surface area contributed by atoms with E-state index in [0.717, 1.165) is 47.7 Å². The number of rotatable bonds is 2. The van der Waals surface area contributed by atoms with Crippen LogP contribution in [0.1, 0.15) is 24.3 Å². The van der Waals surface area contributed by atoms with E-state index in [0.29, 0.717) is 5.92 Å². The van der Waals surface area contributed by atoms with Crippen molar-refractivity contribution in [3.05, 3.63) is 58.9 Å². The summed E-state index contributed by atoms with van der Waals surface area (Å²) in [5.41, 5.74) is 4.51. The van der Waals surface area contributed by atoms with Crippen LogP contribution in [-0.4, -0.2) is 18.1 Å².